The summed E-state index contributed by atoms with van der Waals surface area (Å²) in [5.74, 6) is 0.556. The molecule has 2 nitrogen and oxygen atoms in total. The van der Waals surface area contributed by atoms with Gasteiger partial charge in [-0.15, -0.1) is 0 Å². The van der Waals surface area contributed by atoms with Gasteiger partial charge in [0.1, 0.15) is 0 Å². The Hall–Kier alpha value is -0.790. The van der Waals surface area contributed by atoms with Crippen LogP contribution < -0.4 is 0 Å². The van der Waals surface area contributed by atoms with E-state index in [0.717, 1.165) is 25.7 Å². The van der Waals surface area contributed by atoms with E-state index in [1.54, 1.807) is 0 Å². The van der Waals surface area contributed by atoms with Crippen LogP contribution in [0, 0.1) is 5.92 Å². The highest BCUT2D eigenvalue weighted by Gasteiger charge is 2.09. The van der Waals surface area contributed by atoms with E-state index < -0.39 is 0 Å². The Morgan fingerprint density at radius 3 is 2.36 bits per heavy atom. The van der Waals surface area contributed by atoms with E-state index >= 15 is 0 Å². The van der Waals surface area contributed by atoms with Gasteiger partial charge in [-0.25, -0.2) is 0 Å². The molecule has 0 aromatic carbocycles. The highest BCUT2D eigenvalue weighted by atomic mass is 16.5. The standard InChI is InChI=1S/C20H38O2/c1-4-7-9-10-11-12-13-14-15-17-20(21)22-18-19(6-3)16-8-5-2/h7,9,19H,4-6,8,10-18H2,1-3H3. The highest BCUT2D eigenvalue weighted by Crippen LogP contribution is 2.14. The Bertz CT molecular complexity index is 271. The molecule has 0 aliphatic carbocycles. The van der Waals surface area contributed by atoms with Crippen molar-refractivity contribution in [1.29, 1.82) is 0 Å². The predicted molar refractivity (Wildman–Crippen MR) is 96.0 cm³/mol. The summed E-state index contributed by atoms with van der Waals surface area (Å²) < 4.78 is 5.42. The fraction of sp³-hybridized carbons (Fsp3) is 0.850. The number of carbonyl (C=O) groups is 1. The number of ether oxygens (including phenoxy) is 1. The molecule has 0 heterocycles. The summed E-state index contributed by atoms with van der Waals surface area (Å²) in [6, 6.07) is 0. The maximum absolute atomic E-state index is 11.7. The summed E-state index contributed by atoms with van der Waals surface area (Å²) in [6.07, 6.45) is 18.1. The van der Waals surface area contributed by atoms with Crippen molar-refractivity contribution in [2.24, 2.45) is 5.92 Å². The first kappa shape index (κ1) is 21.2. The second kappa shape index (κ2) is 16.6. The van der Waals surface area contributed by atoms with Crippen molar-refractivity contribution < 1.29 is 9.53 Å². The lowest BCUT2D eigenvalue weighted by atomic mass is 10.0. The van der Waals surface area contributed by atoms with Crippen molar-refractivity contribution in [3.05, 3.63) is 12.2 Å². The minimum Gasteiger partial charge on any atom is -0.465 e. The summed E-state index contributed by atoms with van der Waals surface area (Å²) in [4.78, 5) is 11.7. The van der Waals surface area contributed by atoms with Crippen LogP contribution in [0.25, 0.3) is 0 Å². The van der Waals surface area contributed by atoms with E-state index in [-0.39, 0.29) is 5.97 Å². The van der Waals surface area contributed by atoms with E-state index in [1.807, 2.05) is 0 Å². The minimum atomic E-state index is 0.000766. The molecule has 22 heavy (non-hydrogen) atoms. The topological polar surface area (TPSA) is 26.3 Å². The third-order valence-corrected chi connectivity index (χ3v) is 4.18. The Kier molecular flexibility index (Phi) is 16.0. The van der Waals surface area contributed by atoms with Crippen LogP contribution in [0.4, 0.5) is 0 Å². The minimum absolute atomic E-state index is 0.000766. The van der Waals surface area contributed by atoms with Gasteiger partial charge >= 0.3 is 5.97 Å². The van der Waals surface area contributed by atoms with E-state index in [0.29, 0.717) is 18.9 Å². The van der Waals surface area contributed by atoms with E-state index in [1.165, 1.54) is 44.9 Å². The number of rotatable bonds is 15. The lowest BCUT2D eigenvalue weighted by molar-refractivity contribution is -0.145. The molecule has 1 unspecified atom stereocenters. The van der Waals surface area contributed by atoms with Crippen LogP contribution >= 0.6 is 0 Å². The molecular weight excluding hydrogens is 272 g/mol. The lowest BCUT2D eigenvalue weighted by Crippen LogP contribution is -2.13. The molecule has 0 aromatic rings. The Balaban J connectivity index is 3.43. The van der Waals surface area contributed by atoms with Gasteiger partial charge < -0.3 is 4.74 Å². The van der Waals surface area contributed by atoms with Crippen LogP contribution in [0.2, 0.25) is 0 Å². The molecule has 0 aliphatic heterocycles. The number of hydrogen-bond donors (Lipinski definition) is 0. The number of allylic oxidation sites excluding steroid dienone is 2. The van der Waals surface area contributed by atoms with E-state index in [2.05, 4.69) is 32.9 Å². The van der Waals surface area contributed by atoms with Crippen LogP contribution in [-0.4, -0.2) is 12.6 Å². The molecule has 0 N–H and O–H groups in total. The summed E-state index contributed by atoms with van der Waals surface area (Å²) in [5.41, 5.74) is 0. The lowest BCUT2D eigenvalue weighted by Gasteiger charge is -2.14. The first-order valence-corrected chi connectivity index (χ1v) is 9.55. The second-order valence-electron chi connectivity index (χ2n) is 6.29. The molecule has 0 aliphatic rings. The Labute approximate surface area is 138 Å². The van der Waals surface area contributed by atoms with Crippen LogP contribution in [0.1, 0.15) is 97.8 Å². The fourth-order valence-electron chi connectivity index (χ4n) is 2.53. The zero-order chi connectivity index (χ0) is 16.5. The van der Waals surface area contributed by atoms with Gasteiger partial charge in [-0.05, 0) is 38.0 Å². The number of unbranched alkanes of at least 4 members (excludes halogenated alkanes) is 6. The van der Waals surface area contributed by atoms with Gasteiger partial charge in [0.2, 0.25) is 0 Å². The SMILES string of the molecule is CCC=CCCCCCCCC(=O)OCC(CC)CCCC. The molecule has 0 saturated carbocycles. The van der Waals surface area contributed by atoms with E-state index in [9.17, 15) is 4.79 Å². The molecule has 2 heteroatoms. The predicted octanol–water partition coefficient (Wildman–Crippen LogP) is 6.44. The maximum Gasteiger partial charge on any atom is 0.305 e. The summed E-state index contributed by atoms with van der Waals surface area (Å²) in [6.45, 7) is 7.18. The van der Waals surface area contributed by atoms with Gasteiger partial charge in [0, 0.05) is 6.42 Å². The third kappa shape index (κ3) is 14.2. The van der Waals surface area contributed by atoms with Crippen molar-refractivity contribution >= 4 is 5.97 Å². The number of carbonyl (C=O) groups excluding carboxylic acids is 1. The smallest absolute Gasteiger partial charge is 0.305 e. The van der Waals surface area contributed by atoms with Gasteiger partial charge in [0.05, 0.1) is 6.61 Å². The summed E-state index contributed by atoms with van der Waals surface area (Å²) in [5, 5.41) is 0. The van der Waals surface area contributed by atoms with Crippen LogP contribution in [0.15, 0.2) is 12.2 Å². The molecule has 0 amide bonds. The van der Waals surface area contributed by atoms with Gasteiger partial charge in [-0.3, -0.25) is 4.79 Å². The number of hydrogen-bond acceptors (Lipinski definition) is 2. The molecule has 0 radical (unpaired) electrons. The molecule has 0 spiro atoms. The fourth-order valence-corrected chi connectivity index (χ4v) is 2.53. The van der Waals surface area contributed by atoms with Crippen molar-refractivity contribution in [1.82, 2.24) is 0 Å². The van der Waals surface area contributed by atoms with Crippen LogP contribution in [-0.2, 0) is 9.53 Å². The summed E-state index contributed by atoms with van der Waals surface area (Å²) in [7, 11) is 0. The third-order valence-electron chi connectivity index (χ3n) is 4.18. The Morgan fingerprint density at radius 2 is 1.68 bits per heavy atom. The molecule has 0 rings (SSSR count). The largest absolute Gasteiger partial charge is 0.465 e. The van der Waals surface area contributed by atoms with Crippen molar-refractivity contribution in [2.75, 3.05) is 6.61 Å². The molecule has 0 fully saturated rings. The first-order valence-electron chi connectivity index (χ1n) is 9.55. The van der Waals surface area contributed by atoms with Crippen molar-refractivity contribution in [3.63, 3.8) is 0 Å². The van der Waals surface area contributed by atoms with Crippen molar-refractivity contribution in [2.45, 2.75) is 97.8 Å². The first-order chi connectivity index (χ1) is 10.7. The highest BCUT2D eigenvalue weighted by molar-refractivity contribution is 5.69. The molecule has 0 bridgehead atoms. The van der Waals surface area contributed by atoms with Gasteiger partial charge in [0.15, 0.2) is 0 Å². The van der Waals surface area contributed by atoms with Crippen molar-refractivity contribution in [3.8, 4) is 0 Å². The van der Waals surface area contributed by atoms with Gasteiger partial charge in [-0.1, -0.05) is 71.4 Å². The summed E-state index contributed by atoms with van der Waals surface area (Å²) >= 11 is 0. The van der Waals surface area contributed by atoms with E-state index in [4.69, 9.17) is 4.74 Å². The maximum atomic E-state index is 11.7. The number of esters is 1. The molecule has 130 valence electrons. The zero-order valence-corrected chi connectivity index (χ0v) is 15.2. The van der Waals surface area contributed by atoms with Crippen LogP contribution in [0.3, 0.4) is 0 Å². The average Bonchev–Trinajstić information content (AvgIpc) is 2.53. The second-order valence-corrected chi connectivity index (χ2v) is 6.29. The molecule has 0 aromatic heterocycles. The average molecular weight is 311 g/mol. The normalized spacial score (nSPS) is 12.7. The van der Waals surface area contributed by atoms with Gasteiger partial charge in [0.25, 0.3) is 0 Å². The molecule has 1 atom stereocenters. The monoisotopic (exact) mass is 310 g/mol. The van der Waals surface area contributed by atoms with Crippen LogP contribution in [0.5, 0.6) is 0 Å². The zero-order valence-electron chi connectivity index (χ0n) is 15.2. The molecule has 0 saturated heterocycles. The Morgan fingerprint density at radius 1 is 0.955 bits per heavy atom. The molecular formula is C20H38O2. The van der Waals surface area contributed by atoms with Gasteiger partial charge in [-0.2, -0.15) is 0 Å². The quantitative estimate of drug-likeness (QED) is 0.197.